The number of amides is 2. The van der Waals surface area contributed by atoms with E-state index in [0.717, 1.165) is 11.3 Å². The fraction of sp³-hybridized carbons (Fsp3) is 0.375. The molecule has 6 nitrogen and oxygen atoms in total. The van der Waals surface area contributed by atoms with E-state index in [4.69, 9.17) is 4.74 Å². The standard InChI is InChI=1S/C16H23N3O3/c1-4-9-22-14-7-5-13(6-8-14)11-19(3)12-16(21)18-10-15(20)17-2/h4-8H,1,9-12H2,2-3H3,(H,17,20)(H,18,21). The molecule has 22 heavy (non-hydrogen) atoms. The van der Waals surface area contributed by atoms with Gasteiger partial charge in [-0.15, -0.1) is 0 Å². The van der Waals surface area contributed by atoms with Crippen molar-refractivity contribution in [3.63, 3.8) is 0 Å². The van der Waals surface area contributed by atoms with E-state index < -0.39 is 0 Å². The third kappa shape index (κ3) is 6.90. The molecule has 0 bridgehead atoms. The number of nitrogens with one attached hydrogen (secondary N) is 2. The Morgan fingerprint density at radius 2 is 1.95 bits per heavy atom. The summed E-state index contributed by atoms with van der Waals surface area (Å²) in [5.74, 6) is 0.387. The average Bonchev–Trinajstić information content (AvgIpc) is 2.51. The molecule has 0 aliphatic rings. The van der Waals surface area contributed by atoms with Crippen molar-refractivity contribution in [2.75, 3.05) is 33.8 Å². The number of hydrogen-bond acceptors (Lipinski definition) is 4. The van der Waals surface area contributed by atoms with Crippen LogP contribution >= 0.6 is 0 Å². The molecule has 0 atom stereocenters. The van der Waals surface area contributed by atoms with Gasteiger partial charge in [-0.1, -0.05) is 24.8 Å². The molecule has 1 aromatic carbocycles. The molecule has 0 radical (unpaired) electrons. The first-order valence-electron chi connectivity index (χ1n) is 7.03. The molecule has 6 heteroatoms. The van der Waals surface area contributed by atoms with Crippen LogP contribution in [0.2, 0.25) is 0 Å². The van der Waals surface area contributed by atoms with Crippen molar-refractivity contribution < 1.29 is 14.3 Å². The number of carbonyl (C=O) groups excluding carboxylic acids is 2. The zero-order valence-corrected chi connectivity index (χ0v) is 13.1. The lowest BCUT2D eigenvalue weighted by molar-refractivity contribution is -0.126. The van der Waals surface area contributed by atoms with Crippen LogP contribution in [0.3, 0.4) is 0 Å². The number of nitrogens with zero attached hydrogens (tertiary/aromatic N) is 1. The van der Waals surface area contributed by atoms with Crippen molar-refractivity contribution in [1.82, 2.24) is 15.5 Å². The minimum atomic E-state index is -0.217. The quantitative estimate of drug-likeness (QED) is 0.654. The summed E-state index contributed by atoms with van der Waals surface area (Å²) in [4.78, 5) is 24.6. The number of ether oxygens (including phenoxy) is 1. The molecule has 1 aromatic rings. The molecule has 0 unspecified atom stereocenters. The molecule has 0 aliphatic heterocycles. The molecular formula is C16H23N3O3. The minimum Gasteiger partial charge on any atom is -0.490 e. The van der Waals surface area contributed by atoms with E-state index in [2.05, 4.69) is 17.2 Å². The first kappa shape index (κ1) is 17.7. The van der Waals surface area contributed by atoms with Crippen LogP contribution in [0.4, 0.5) is 0 Å². The van der Waals surface area contributed by atoms with Gasteiger partial charge in [-0.3, -0.25) is 14.5 Å². The Kier molecular flexibility index (Phi) is 7.70. The summed E-state index contributed by atoms with van der Waals surface area (Å²) >= 11 is 0. The van der Waals surface area contributed by atoms with Gasteiger partial charge in [0.1, 0.15) is 12.4 Å². The molecule has 2 amide bonds. The molecular weight excluding hydrogens is 282 g/mol. The molecule has 2 N–H and O–H groups in total. The summed E-state index contributed by atoms with van der Waals surface area (Å²) in [6, 6.07) is 7.69. The van der Waals surface area contributed by atoms with E-state index in [0.29, 0.717) is 13.2 Å². The van der Waals surface area contributed by atoms with Crippen molar-refractivity contribution in [2.45, 2.75) is 6.54 Å². The highest BCUT2D eigenvalue weighted by molar-refractivity contribution is 5.85. The first-order chi connectivity index (χ1) is 10.5. The van der Waals surface area contributed by atoms with Crippen molar-refractivity contribution in [1.29, 1.82) is 0 Å². The van der Waals surface area contributed by atoms with Crippen LogP contribution in [0.25, 0.3) is 0 Å². The topological polar surface area (TPSA) is 70.7 Å². The minimum absolute atomic E-state index is 0.00148. The van der Waals surface area contributed by atoms with Gasteiger partial charge < -0.3 is 15.4 Å². The van der Waals surface area contributed by atoms with Gasteiger partial charge in [-0.25, -0.2) is 0 Å². The predicted octanol–water partition coefficient (Wildman–Crippen LogP) is 0.545. The maximum atomic E-state index is 11.7. The molecule has 0 spiro atoms. The SMILES string of the molecule is C=CCOc1ccc(CN(C)CC(=O)NCC(=O)NC)cc1. The summed E-state index contributed by atoms with van der Waals surface area (Å²) in [7, 11) is 3.38. The van der Waals surface area contributed by atoms with Gasteiger partial charge in [0.2, 0.25) is 11.8 Å². The summed E-state index contributed by atoms with van der Waals surface area (Å²) in [6.07, 6.45) is 1.69. The summed E-state index contributed by atoms with van der Waals surface area (Å²) in [5, 5.41) is 5.01. The number of carbonyl (C=O) groups is 2. The van der Waals surface area contributed by atoms with Crippen LogP contribution in [0.1, 0.15) is 5.56 Å². The maximum absolute atomic E-state index is 11.7. The monoisotopic (exact) mass is 305 g/mol. The van der Waals surface area contributed by atoms with Crippen LogP contribution in [-0.4, -0.2) is 50.5 Å². The number of rotatable bonds is 9. The van der Waals surface area contributed by atoms with Crippen LogP contribution in [0.5, 0.6) is 5.75 Å². The van der Waals surface area contributed by atoms with Crippen molar-refractivity contribution in [2.24, 2.45) is 0 Å². The zero-order chi connectivity index (χ0) is 16.4. The second-order valence-corrected chi connectivity index (χ2v) is 4.87. The Bertz CT molecular complexity index is 500. The number of hydrogen-bond donors (Lipinski definition) is 2. The highest BCUT2D eigenvalue weighted by atomic mass is 16.5. The Morgan fingerprint density at radius 1 is 1.27 bits per heavy atom. The summed E-state index contributed by atoms with van der Waals surface area (Å²) < 4.78 is 5.41. The van der Waals surface area contributed by atoms with Crippen LogP contribution in [-0.2, 0) is 16.1 Å². The number of likely N-dealkylation sites (N-methyl/N-ethyl adjacent to an activating group) is 2. The Hall–Kier alpha value is -2.34. The van der Waals surface area contributed by atoms with Gasteiger partial charge in [0.25, 0.3) is 0 Å². The molecule has 0 aliphatic carbocycles. The second kappa shape index (κ2) is 9.57. The van der Waals surface area contributed by atoms with Gasteiger partial charge in [0.15, 0.2) is 0 Å². The summed E-state index contributed by atoms with van der Waals surface area (Å²) in [5.41, 5.74) is 1.08. The molecule has 0 fully saturated rings. The van der Waals surface area contributed by atoms with Crippen molar-refractivity contribution >= 4 is 11.8 Å². The van der Waals surface area contributed by atoms with Gasteiger partial charge in [-0.05, 0) is 24.7 Å². The van der Waals surface area contributed by atoms with Crippen molar-refractivity contribution in [3.8, 4) is 5.75 Å². The van der Waals surface area contributed by atoms with Gasteiger partial charge in [0.05, 0.1) is 13.1 Å². The van der Waals surface area contributed by atoms with E-state index in [1.54, 1.807) is 6.08 Å². The largest absolute Gasteiger partial charge is 0.490 e. The van der Waals surface area contributed by atoms with Crippen LogP contribution in [0.15, 0.2) is 36.9 Å². The maximum Gasteiger partial charge on any atom is 0.239 e. The fourth-order valence-electron chi connectivity index (χ4n) is 1.78. The number of benzene rings is 1. The zero-order valence-electron chi connectivity index (χ0n) is 13.1. The molecule has 0 heterocycles. The fourth-order valence-corrected chi connectivity index (χ4v) is 1.78. The average molecular weight is 305 g/mol. The Labute approximate surface area is 131 Å². The normalized spacial score (nSPS) is 10.1. The van der Waals surface area contributed by atoms with E-state index in [1.165, 1.54) is 7.05 Å². The molecule has 120 valence electrons. The van der Waals surface area contributed by atoms with Crippen LogP contribution < -0.4 is 15.4 Å². The Balaban J connectivity index is 2.37. The highest BCUT2D eigenvalue weighted by Crippen LogP contribution is 2.13. The van der Waals surface area contributed by atoms with E-state index >= 15 is 0 Å². The Morgan fingerprint density at radius 3 is 2.55 bits per heavy atom. The molecule has 1 rings (SSSR count). The summed E-state index contributed by atoms with van der Waals surface area (Å²) in [6.45, 7) is 4.93. The third-order valence-corrected chi connectivity index (χ3v) is 2.88. The predicted molar refractivity (Wildman–Crippen MR) is 85.5 cm³/mol. The second-order valence-electron chi connectivity index (χ2n) is 4.87. The van der Waals surface area contributed by atoms with Gasteiger partial charge in [0, 0.05) is 13.6 Å². The van der Waals surface area contributed by atoms with E-state index in [9.17, 15) is 9.59 Å². The molecule has 0 aromatic heterocycles. The van der Waals surface area contributed by atoms with Crippen molar-refractivity contribution in [3.05, 3.63) is 42.5 Å². The highest BCUT2D eigenvalue weighted by Gasteiger charge is 2.08. The third-order valence-electron chi connectivity index (χ3n) is 2.88. The van der Waals surface area contributed by atoms with Gasteiger partial charge in [-0.2, -0.15) is 0 Å². The molecule has 0 saturated carbocycles. The lowest BCUT2D eigenvalue weighted by atomic mass is 10.2. The van der Waals surface area contributed by atoms with Gasteiger partial charge >= 0.3 is 0 Å². The smallest absolute Gasteiger partial charge is 0.239 e. The molecule has 0 saturated heterocycles. The van der Waals surface area contributed by atoms with E-state index in [1.807, 2.05) is 36.2 Å². The lowest BCUT2D eigenvalue weighted by Crippen LogP contribution is -2.40. The van der Waals surface area contributed by atoms with Crippen LogP contribution in [0, 0.1) is 0 Å². The lowest BCUT2D eigenvalue weighted by Gasteiger charge is -2.16. The first-order valence-corrected chi connectivity index (χ1v) is 7.03. The van der Waals surface area contributed by atoms with E-state index in [-0.39, 0.29) is 24.9 Å².